The second-order valence-corrected chi connectivity index (χ2v) is 10.2. The summed E-state index contributed by atoms with van der Waals surface area (Å²) < 4.78 is 17.6. The van der Waals surface area contributed by atoms with Crippen molar-refractivity contribution in [2.75, 3.05) is 19.7 Å². The number of carbonyl (C=O) groups excluding carboxylic acids is 2. The highest BCUT2D eigenvalue weighted by atomic mass is 35.5. The number of piperidine rings is 1. The third-order valence-electron chi connectivity index (χ3n) is 7.24. The molecule has 0 bridgehead atoms. The van der Waals surface area contributed by atoms with Crippen LogP contribution in [-0.2, 0) is 14.3 Å². The van der Waals surface area contributed by atoms with E-state index >= 15 is 0 Å². The number of hydrogen-bond acceptors (Lipinski definition) is 6. The number of halogens is 1. The van der Waals surface area contributed by atoms with E-state index in [0.29, 0.717) is 30.4 Å². The third-order valence-corrected chi connectivity index (χ3v) is 7.24. The van der Waals surface area contributed by atoms with E-state index in [0.717, 1.165) is 37.8 Å². The molecule has 2 unspecified atom stereocenters. The van der Waals surface area contributed by atoms with Crippen LogP contribution in [0.1, 0.15) is 79.0 Å². The molecule has 1 saturated carbocycles. The largest absolute Gasteiger partial charge is 0.484 e. The Morgan fingerprint density at radius 1 is 1.00 bits per heavy atom. The van der Waals surface area contributed by atoms with Crippen molar-refractivity contribution in [1.82, 2.24) is 10.6 Å². The van der Waals surface area contributed by atoms with Gasteiger partial charge in [0.25, 0.3) is 0 Å². The monoisotopic (exact) mass is 528 g/mol. The second-order valence-electron chi connectivity index (χ2n) is 10.2. The predicted molar refractivity (Wildman–Crippen MR) is 143 cm³/mol. The Morgan fingerprint density at radius 2 is 1.76 bits per heavy atom. The van der Waals surface area contributed by atoms with Gasteiger partial charge in [-0.1, -0.05) is 24.3 Å². The summed E-state index contributed by atoms with van der Waals surface area (Å²) in [5, 5.41) is 6.35. The van der Waals surface area contributed by atoms with Gasteiger partial charge in [-0.05, 0) is 93.3 Å². The number of esters is 1. The van der Waals surface area contributed by atoms with Gasteiger partial charge in [-0.2, -0.15) is 0 Å². The molecule has 3 aliphatic rings. The molecule has 4 atom stereocenters. The van der Waals surface area contributed by atoms with Crippen LogP contribution >= 0.6 is 12.4 Å². The Morgan fingerprint density at radius 3 is 2.38 bits per heavy atom. The van der Waals surface area contributed by atoms with Crippen molar-refractivity contribution in [3.05, 3.63) is 65.2 Å². The Kier molecular flexibility index (Phi) is 9.46. The van der Waals surface area contributed by atoms with Crippen molar-refractivity contribution in [3.63, 3.8) is 0 Å². The smallest absolute Gasteiger partial charge is 0.338 e. The average Bonchev–Trinajstić information content (AvgIpc) is 3.61. The zero-order chi connectivity index (χ0) is 24.9. The number of rotatable bonds is 9. The van der Waals surface area contributed by atoms with E-state index in [9.17, 15) is 9.59 Å². The summed E-state index contributed by atoms with van der Waals surface area (Å²) in [5.41, 5.74) is 2.84. The molecule has 8 heteroatoms. The number of benzene rings is 2. The summed E-state index contributed by atoms with van der Waals surface area (Å²) in [6.45, 7) is 4.25. The van der Waals surface area contributed by atoms with Gasteiger partial charge in [0.1, 0.15) is 24.1 Å². The van der Waals surface area contributed by atoms with Crippen molar-refractivity contribution in [2.24, 2.45) is 0 Å². The van der Waals surface area contributed by atoms with Gasteiger partial charge in [-0.3, -0.25) is 4.79 Å². The third kappa shape index (κ3) is 7.24. The van der Waals surface area contributed by atoms with Gasteiger partial charge >= 0.3 is 5.97 Å². The highest BCUT2D eigenvalue weighted by Crippen LogP contribution is 2.40. The fourth-order valence-electron chi connectivity index (χ4n) is 4.97. The van der Waals surface area contributed by atoms with Crippen LogP contribution in [-0.4, -0.2) is 49.8 Å². The molecule has 2 aromatic rings. The van der Waals surface area contributed by atoms with Crippen LogP contribution in [0.4, 0.5) is 0 Å². The number of carbonyl (C=O) groups is 2. The van der Waals surface area contributed by atoms with E-state index in [2.05, 4.69) is 34.9 Å². The van der Waals surface area contributed by atoms with Crippen LogP contribution < -0.4 is 15.4 Å². The summed E-state index contributed by atoms with van der Waals surface area (Å²) in [6, 6.07) is 15.3. The first-order chi connectivity index (χ1) is 17.6. The summed E-state index contributed by atoms with van der Waals surface area (Å²) in [6.07, 6.45) is 5.17. The summed E-state index contributed by atoms with van der Waals surface area (Å²) in [4.78, 5) is 25.3. The summed E-state index contributed by atoms with van der Waals surface area (Å²) in [7, 11) is 0. The van der Waals surface area contributed by atoms with Crippen LogP contribution in [0.3, 0.4) is 0 Å². The fourth-order valence-corrected chi connectivity index (χ4v) is 4.97. The second kappa shape index (κ2) is 12.8. The van der Waals surface area contributed by atoms with E-state index in [1.807, 2.05) is 6.92 Å². The highest BCUT2D eigenvalue weighted by Gasteiger charge is 2.30. The SMILES string of the molecule is CC(NC(=O)[C@H]1CCCO1)C(Oc1ccc(C(=O)O[C@H]2CCCNC2)cc1)c1ccc(C2CC2)cc1.Cl. The molecule has 5 rings (SSSR count). The maximum Gasteiger partial charge on any atom is 0.338 e. The molecule has 2 saturated heterocycles. The molecule has 0 spiro atoms. The van der Waals surface area contributed by atoms with Crippen LogP contribution in [0.5, 0.6) is 5.75 Å². The van der Waals surface area contributed by atoms with Gasteiger partial charge in [-0.15, -0.1) is 12.4 Å². The Balaban J connectivity index is 0.00000320. The molecule has 1 aliphatic carbocycles. The first-order valence-electron chi connectivity index (χ1n) is 13.3. The van der Waals surface area contributed by atoms with E-state index < -0.39 is 12.2 Å². The van der Waals surface area contributed by atoms with Crippen molar-refractivity contribution < 1.29 is 23.8 Å². The minimum absolute atomic E-state index is 0. The maximum absolute atomic E-state index is 12.7. The summed E-state index contributed by atoms with van der Waals surface area (Å²) in [5.74, 6) is 0.880. The zero-order valence-electron chi connectivity index (χ0n) is 21.3. The number of hydrogen-bond donors (Lipinski definition) is 2. The standard InChI is InChI=1S/C29H36N2O5.ClH/c1-19(31-28(32)26-5-3-17-34-26)27(22-10-8-21(9-11-22)20-6-7-20)35-24-14-12-23(13-15-24)29(33)36-25-4-2-16-30-18-25;/h8-15,19-20,25-27,30H,2-7,16-18H2,1H3,(H,31,32);1H/t19?,25-,26+,27?;/m0./s1. The van der Waals surface area contributed by atoms with Gasteiger partial charge < -0.3 is 24.8 Å². The molecular weight excluding hydrogens is 492 g/mol. The van der Waals surface area contributed by atoms with Crippen molar-refractivity contribution >= 4 is 24.3 Å². The zero-order valence-corrected chi connectivity index (χ0v) is 22.1. The molecule has 7 nitrogen and oxygen atoms in total. The minimum Gasteiger partial charge on any atom is -0.484 e. The molecule has 1 amide bonds. The highest BCUT2D eigenvalue weighted by molar-refractivity contribution is 5.89. The van der Waals surface area contributed by atoms with E-state index in [1.165, 1.54) is 18.4 Å². The molecular formula is C29H37ClN2O5. The normalized spacial score (nSPS) is 22.8. The lowest BCUT2D eigenvalue weighted by molar-refractivity contribution is -0.131. The molecule has 2 aromatic carbocycles. The first-order valence-corrected chi connectivity index (χ1v) is 13.3. The van der Waals surface area contributed by atoms with E-state index in [1.54, 1.807) is 24.3 Å². The topological polar surface area (TPSA) is 85.9 Å². The van der Waals surface area contributed by atoms with Crippen LogP contribution in [0.2, 0.25) is 0 Å². The molecule has 0 radical (unpaired) electrons. The fraction of sp³-hybridized carbons (Fsp3) is 0.517. The van der Waals surface area contributed by atoms with Gasteiger partial charge in [0.2, 0.25) is 5.91 Å². The minimum atomic E-state index is -0.394. The molecule has 37 heavy (non-hydrogen) atoms. The Bertz CT molecular complexity index is 1030. The maximum atomic E-state index is 12.7. The lowest BCUT2D eigenvalue weighted by Gasteiger charge is -2.27. The van der Waals surface area contributed by atoms with Crippen molar-refractivity contribution in [3.8, 4) is 5.75 Å². The molecule has 200 valence electrons. The summed E-state index contributed by atoms with van der Waals surface area (Å²) >= 11 is 0. The first kappa shape index (κ1) is 27.4. The molecule has 0 aromatic heterocycles. The lowest BCUT2D eigenvalue weighted by Crippen LogP contribution is -2.44. The number of nitrogens with one attached hydrogen (secondary N) is 2. The van der Waals surface area contributed by atoms with Gasteiger partial charge in [0.15, 0.2) is 0 Å². The van der Waals surface area contributed by atoms with E-state index in [-0.39, 0.29) is 36.4 Å². The van der Waals surface area contributed by atoms with Crippen LogP contribution in [0, 0.1) is 0 Å². The molecule has 3 fully saturated rings. The molecule has 2 aliphatic heterocycles. The number of amides is 1. The van der Waals surface area contributed by atoms with Gasteiger partial charge in [-0.25, -0.2) is 4.79 Å². The van der Waals surface area contributed by atoms with Crippen molar-refractivity contribution in [1.29, 1.82) is 0 Å². The quantitative estimate of drug-likeness (QED) is 0.459. The Labute approximate surface area is 225 Å². The van der Waals surface area contributed by atoms with Gasteiger partial charge in [0, 0.05) is 13.2 Å². The average molecular weight is 529 g/mol. The van der Waals surface area contributed by atoms with E-state index in [4.69, 9.17) is 14.2 Å². The lowest BCUT2D eigenvalue weighted by atomic mass is 10.00. The van der Waals surface area contributed by atoms with Crippen LogP contribution in [0.25, 0.3) is 0 Å². The predicted octanol–water partition coefficient (Wildman–Crippen LogP) is 4.70. The van der Waals surface area contributed by atoms with Gasteiger partial charge in [0.05, 0.1) is 11.6 Å². The molecule has 2 N–H and O–H groups in total. The molecule has 2 heterocycles. The van der Waals surface area contributed by atoms with Crippen molar-refractivity contribution in [2.45, 2.75) is 75.7 Å². The van der Waals surface area contributed by atoms with Crippen LogP contribution in [0.15, 0.2) is 48.5 Å². The number of ether oxygens (including phenoxy) is 3. The Hall–Kier alpha value is -2.61.